The third kappa shape index (κ3) is 6.41. The Kier molecular flexibility index (Phi) is 8.19. The van der Waals surface area contributed by atoms with Crippen LogP contribution in [0.4, 0.5) is 4.79 Å². The molecular weight excluding hydrogens is 586 g/mol. The molecule has 1 saturated heterocycles. The summed E-state index contributed by atoms with van der Waals surface area (Å²) in [5.74, 6) is 1.52. The van der Waals surface area contributed by atoms with Crippen molar-refractivity contribution in [2.75, 3.05) is 26.8 Å². The van der Waals surface area contributed by atoms with E-state index < -0.39 is 11.2 Å². The topological polar surface area (TPSA) is 137 Å². The van der Waals surface area contributed by atoms with E-state index in [0.29, 0.717) is 61.0 Å². The summed E-state index contributed by atoms with van der Waals surface area (Å²) >= 11 is 0. The van der Waals surface area contributed by atoms with Crippen molar-refractivity contribution < 1.29 is 19.0 Å². The van der Waals surface area contributed by atoms with Gasteiger partial charge in [-0.3, -0.25) is 13.8 Å². The van der Waals surface area contributed by atoms with E-state index in [1.165, 1.54) is 6.07 Å². The first-order chi connectivity index (χ1) is 22.1. The van der Waals surface area contributed by atoms with E-state index in [1.54, 1.807) is 53.4 Å². The molecule has 0 radical (unpaired) electrons. The maximum Gasteiger partial charge on any atom is 0.410 e. The fourth-order valence-corrected chi connectivity index (χ4v) is 5.54. The minimum Gasteiger partial charge on any atom is -0.487 e. The van der Waals surface area contributed by atoms with Crippen LogP contribution in [-0.2, 0) is 16.0 Å². The maximum absolute atomic E-state index is 12.9. The van der Waals surface area contributed by atoms with Gasteiger partial charge < -0.3 is 19.1 Å². The molecule has 0 N–H and O–H groups in total. The molecule has 6 rings (SSSR count). The number of fused-ring (bicyclic) bond motifs is 3. The minimum absolute atomic E-state index is 0.184. The fraction of sp³-hybridized carbons (Fsp3) is 0.353. The van der Waals surface area contributed by atoms with Gasteiger partial charge in [0.15, 0.2) is 11.6 Å². The van der Waals surface area contributed by atoms with Gasteiger partial charge >= 0.3 is 6.09 Å². The zero-order valence-corrected chi connectivity index (χ0v) is 26.3. The summed E-state index contributed by atoms with van der Waals surface area (Å²) in [7, 11) is 1.66. The van der Waals surface area contributed by atoms with Gasteiger partial charge in [0.25, 0.3) is 5.56 Å². The lowest BCUT2D eigenvalue weighted by Crippen LogP contribution is -2.51. The maximum atomic E-state index is 12.9. The van der Waals surface area contributed by atoms with E-state index in [4.69, 9.17) is 14.2 Å². The molecule has 2 aromatic carbocycles. The molecule has 1 amide bonds. The number of rotatable bonds is 7. The fourth-order valence-electron chi connectivity index (χ4n) is 5.54. The number of benzene rings is 2. The molecule has 0 bridgehead atoms. The van der Waals surface area contributed by atoms with Crippen LogP contribution in [0.25, 0.3) is 28.2 Å². The van der Waals surface area contributed by atoms with Crippen LogP contribution in [0.1, 0.15) is 44.7 Å². The summed E-state index contributed by atoms with van der Waals surface area (Å²) < 4.78 is 20.8. The second-order valence-corrected chi connectivity index (χ2v) is 12.4. The molecule has 0 spiro atoms. The highest BCUT2D eigenvalue weighted by Gasteiger charge is 2.38. The van der Waals surface area contributed by atoms with Crippen LogP contribution >= 0.6 is 0 Å². The number of carbonyl (C=O) groups excluding carboxylic acids is 1. The number of likely N-dealkylation sites (tertiary alicyclic amines) is 1. The summed E-state index contributed by atoms with van der Waals surface area (Å²) in [4.78, 5) is 40.8. The predicted molar refractivity (Wildman–Crippen MR) is 171 cm³/mol. The monoisotopic (exact) mass is 621 g/mol. The Morgan fingerprint density at radius 1 is 1.07 bits per heavy atom. The van der Waals surface area contributed by atoms with Gasteiger partial charge in [-0.15, -0.1) is 0 Å². The van der Waals surface area contributed by atoms with Gasteiger partial charge in [0.2, 0.25) is 5.78 Å². The van der Waals surface area contributed by atoms with Gasteiger partial charge in [-0.05, 0) is 63.4 Å². The molecule has 1 fully saturated rings. The van der Waals surface area contributed by atoms with E-state index in [2.05, 4.69) is 21.0 Å². The van der Waals surface area contributed by atoms with E-state index in [0.717, 1.165) is 16.6 Å². The SMILES string of the molecule is COC1(COc2cnc(-c3cccc(Cn4c(=O)ccn5c6cc(C#N)ccc6nc45)c3)nc2)CCN(C(=O)OC(C)(C)C)CC1. The molecule has 3 aromatic heterocycles. The molecular formula is C34H35N7O5. The Morgan fingerprint density at radius 3 is 2.52 bits per heavy atom. The number of methoxy groups -OCH3 is 1. The van der Waals surface area contributed by atoms with Gasteiger partial charge in [-0.1, -0.05) is 18.2 Å². The van der Waals surface area contributed by atoms with Crippen molar-refractivity contribution in [1.29, 1.82) is 5.26 Å². The number of nitriles is 1. The van der Waals surface area contributed by atoms with Gasteiger partial charge in [-0.2, -0.15) is 5.26 Å². The molecule has 236 valence electrons. The quantitative estimate of drug-likeness (QED) is 0.250. The third-order valence-corrected chi connectivity index (χ3v) is 8.09. The van der Waals surface area contributed by atoms with Crippen molar-refractivity contribution in [1.82, 2.24) is 28.8 Å². The summed E-state index contributed by atoms with van der Waals surface area (Å²) in [6.45, 7) is 7.17. The van der Waals surface area contributed by atoms with E-state index >= 15 is 0 Å². The number of carbonyl (C=O) groups is 1. The van der Waals surface area contributed by atoms with Crippen molar-refractivity contribution in [3.05, 3.63) is 88.6 Å². The number of aromatic nitrogens is 5. The average Bonchev–Trinajstić information content (AvgIpc) is 3.43. The number of piperidine rings is 1. The number of imidazole rings is 1. The lowest BCUT2D eigenvalue weighted by molar-refractivity contribution is -0.0836. The first kappa shape index (κ1) is 30.7. The summed E-state index contributed by atoms with van der Waals surface area (Å²) in [6.07, 6.45) is 5.85. The van der Waals surface area contributed by atoms with Crippen LogP contribution in [0.15, 0.2) is 71.9 Å². The van der Waals surface area contributed by atoms with Crippen LogP contribution in [0.3, 0.4) is 0 Å². The van der Waals surface area contributed by atoms with Crippen LogP contribution in [0.5, 0.6) is 5.75 Å². The Bertz CT molecular complexity index is 2000. The van der Waals surface area contributed by atoms with Crippen LogP contribution in [0, 0.1) is 11.3 Å². The molecule has 0 aliphatic carbocycles. The lowest BCUT2D eigenvalue weighted by atomic mass is 9.92. The van der Waals surface area contributed by atoms with Crippen molar-refractivity contribution in [2.45, 2.75) is 51.4 Å². The second-order valence-electron chi connectivity index (χ2n) is 12.4. The van der Waals surface area contributed by atoms with Crippen molar-refractivity contribution in [3.8, 4) is 23.2 Å². The van der Waals surface area contributed by atoms with Gasteiger partial charge in [0, 0.05) is 38.0 Å². The van der Waals surface area contributed by atoms with E-state index in [1.807, 2.05) is 49.4 Å². The summed E-state index contributed by atoms with van der Waals surface area (Å²) in [5, 5.41) is 9.31. The number of ether oxygens (including phenoxy) is 3. The number of hydrogen-bond donors (Lipinski definition) is 0. The van der Waals surface area contributed by atoms with E-state index in [9.17, 15) is 14.9 Å². The van der Waals surface area contributed by atoms with Crippen LogP contribution in [-0.4, -0.2) is 72.9 Å². The van der Waals surface area contributed by atoms with Crippen molar-refractivity contribution in [3.63, 3.8) is 0 Å². The summed E-state index contributed by atoms with van der Waals surface area (Å²) in [6, 6.07) is 16.6. The van der Waals surface area contributed by atoms with Crippen LogP contribution in [0.2, 0.25) is 0 Å². The molecule has 0 saturated carbocycles. The Hall–Kier alpha value is -5.28. The zero-order valence-electron chi connectivity index (χ0n) is 26.3. The first-order valence-electron chi connectivity index (χ1n) is 15.1. The molecule has 4 heterocycles. The Labute approximate surface area is 265 Å². The highest BCUT2D eigenvalue weighted by molar-refractivity contribution is 5.81. The second kappa shape index (κ2) is 12.3. The molecule has 12 nitrogen and oxygen atoms in total. The van der Waals surface area contributed by atoms with Crippen molar-refractivity contribution >= 4 is 22.9 Å². The third-order valence-electron chi connectivity index (χ3n) is 8.09. The molecule has 0 atom stereocenters. The normalized spacial score (nSPS) is 14.7. The summed E-state index contributed by atoms with van der Waals surface area (Å²) in [5.41, 5.74) is 2.38. The van der Waals surface area contributed by atoms with E-state index in [-0.39, 0.29) is 18.2 Å². The standard InChI is InChI=1S/C34H35N7O5/c1-33(2,3)46-32(43)39-14-11-34(44-4,12-15-39)22-45-26-19-36-30(37-20-26)25-7-5-6-24(16-25)21-41-29(42)10-13-40-28-17-23(18-35)8-9-27(28)38-31(40)41/h5-10,13,16-17,19-20H,11-12,14-15,21-22H2,1-4H3. The van der Waals surface area contributed by atoms with Crippen molar-refractivity contribution in [2.24, 2.45) is 0 Å². The van der Waals surface area contributed by atoms with Gasteiger partial charge in [-0.25, -0.2) is 19.7 Å². The smallest absolute Gasteiger partial charge is 0.410 e. The molecule has 46 heavy (non-hydrogen) atoms. The van der Waals surface area contributed by atoms with Crippen LogP contribution < -0.4 is 10.3 Å². The number of amides is 1. The number of nitrogens with zero attached hydrogens (tertiary/aromatic N) is 7. The Morgan fingerprint density at radius 2 is 1.83 bits per heavy atom. The highest BCUT2D eigenvalue weighted by atomic mass is 16.6. The molecule has 0 unspecified atom stereocenters. The molecule has 5 aromatic rings. The Balaban J connectivity index is 1.13. The first-order valence-corrected chi connectivity index (χ1v) is 15.1. The molecule has 1 aliphatic heterocycles. The van der Waals surface area contributed by atoms with Gasteiger partial charge in [0.1, 0.15) is 17.8 Å². The zero-order chi connectivity index (χ0) is 32.5. The van der Waals surface area contributed by atoms with Gasteiger partial charge in [0.05, 0.1) is 41.6 Å². The number of hydrogen-bond acceptors (Lipinski definition) is 9. The molecule has 1 aliphatic rings. The average molecular weight is 622 g/mol. The molecule has 12 heteroatoms. The largest absolute Gasteiger partial charge is 0.487 e. The minimum atomic E-state index is -0.543. The predicted octanol–water partition coefficient (Wildman–Crippen LogP) is 4.82. The lowest BCUT2D eigenvalue weighted by Gasteiger charge is -2.40. The highest BCUT2D eigenvalue weighted by Crippen LogP contribution is 2.28.